The number of rotatable bonds is 2. The second-order valence-corrected chi connectivity index (χ2v) is 6.60. The van der Waals surface area contributed by atoms with Crippen LogP contribution in [0.3, 0.4) is 0 Å². The second kappa shape index (κ2) is 5.98. The maximum absolute atomic E-state index is 13.1. The number of esters is 1. The van der Waals surface area contributed by atoms with E-state index in [-0.39, 0.29) is 17.9 Å². The van der Waals surface area contributed by atoms with E-state index >= 15 is 0 Å². The summed E-state index contributed by atoms with van der Waals surface area (Å²) in [5, 5.41) is 10.3. The minimum Gasteiger partial charge on any atom is -0.467 e. The Balaban J connectivity index is 1.65. The van der Waals surface area contributed by atoms with Crippen LogP contribution in [0.1, 0.15) is 30.0 Å². The van der Waals surface area contributed by atoms with Gasteiger partial charge in [0.1, 0.15) is 12.1 Å². The summed E-state index contributed by atoms with van der Waals surface area (Å²) in [6, 6.07) is 6.52. The highest BCUT2D eigenvalue weighted by atomic mass is 16.5. The summed E-state index contributed by atoms with van der Waals surface area (Å²) in [5.74, 6) is -0.526. The molecule has 25 heavy (non-hydrogen) atoms. The highest BCUT2D eigenvalue weighted by Gasteiger charge is 2.47. The molecule has 0 bridgehead atoms. The lowest BCUT2D eigenvalue weighted by Crippen LogP contribution is -2.48. The first-order valence-corrected chi connectivity index (χ1v) is 8.44. The van der Waals surface area contributed by atoms with Gasteiger partial charge in [-0.25, -0.2) is 4.79 Å². The zero-order valence-electron chi connectivity index (χ0n) is 14.1. The zero-order valence-corrected chi connectivity index (χ0v) is 14.1. The first kappa shape index (κ1) is 15.8. The lowest BCUT2D eigenvalue weighted by atomic mass is 9.87. The number of carbonyl (C=O) groups is 2. The van der Waals surface area contributed by atoms with Crippen LogP contribution >= 0.6 is 0 Å². The molecule has 4 rings (SSSR count). The van der Waals surface area contributed by atoms with Crippen LogP contribution in [0.25, 0.3) is 5.57 Å². The van der Waals surface area contributed by atoms with Gasteiger partial charge in [0.2, 0.25) is 0 Å². The summed E-state index contributed by atoms with van der Waals surface area (Å²) in [7, 11) is 1.35. The van der Waals surface area contributed by atoms with Crippen LogP contribution in [0.5, 0.6) is 0 Å². The lowest BCUT2D eigenvalue weighted by Gasteiger charge is -2.34. The number of carbonyl (C=O) groups excluding carboxylic acids is 2. The number of benzene rings is 1. The molecule has 3 aliphatic rings. The molecule has 0 spiro atoms. The van der Waals surface area contributed by atoms with Crippen LogP contribution in [0.4, 0.5) is 0 Å². The van der Waals surface area contributed by atoms with Crippen molar-refractivity contribution in [3.63, 3.8) is 0 Å². The minimum absolute atomic E-state index is 0.161. The average Bonchev–Trinajstić information content (AvgIpc) is 3.28. The smallest absolute Gasteiger partial charge is 0.328 e. The molecule has 1 aromatic rings. The Morgan fingerprint density at radius 2 is 2.12 bits per heavy atom. The molecule has 3 heterocycles. The van der Waals surface area contributed by atoms with E-state index in [0.29, 0.717) is 19.5 Å². The molecule has 0 N–H and O–H groups in total. The van der Waals surface area contributed by atoms with Crippen molar-refractivity contribution in [3.8, 4) is 0 Å². The van der Waals surface area contributed by atoms with Gasteiger partial charge in [0.05, 0.1) is 13.7 Å². The SMILES string of the molecule is C=C1CN2N=N[C@@H](C(=O)N3CCC[C@H]3C(=O)OC)[C@@H]2c2ccccc21. The van der Waals surface area contributed by atoms with Crippen molar-refractivity contribution in [1.29, 1.82) is 0 Å². The summed E-state index contributed by atoms with van der Waals surface area (Å²) in [6.07, 6.45) is 1.42. The Hall–Kier alpha value is -2.70. The van der Waals surface area contributed by atoms with E-state index in [1.807, 2.05) is 29.3 Å². The number of fused-ring (bicyclic) bond motifs is 3. The number of nitrogens with zero attached hydrogens (tertiary/aromatic N) is 4. The molecule has 3 atom stereocenters. The predicted molar refractivity (Wildman–Crippen MR) is 90.3 cm³/mol. The number of hydrogen-bond acceptors (Lipinski definition) is 6. The first-order chi connectivity index (χ1) is 12.1. The molecular formula is C18H20N4O3. The topological polar surface area (TPSA) is 74.6 Å². The molecule has 1 fully saturated rings. The maximum Gasteiger partial charge on any atom is 0.328 e. The monoisotopic (exact) mass is 340 g/mol. The van der Waals surface area contributed by atoms with Crippen molar-refractivity contribution in [2.45, 2.75) is 31.0 Å². The number of hydrogen-bond donors (Lipinski definition) is 0. The fourth-order valence-corrected chi connectivity index (χ4v) is 3.99. The van der Waals surface area contributed by atoms with Crippen molar-refractivity contribution in [3.05, 3.63) is 42.0 Å². The van der Waals surface area contributed by atoms with Crippen molar-refractivity contribution in [2.75, 3.05) is 20.2 Å². The van der Waals surface area contributed by atoms with E-state index < -0.39 is 12.1 Å². The van der Waals surface area contributed by atoms with Crippen LogP contribution < -0.4 is 0 Å². The zero-order chi connectivity index (χ0) is 17.6. The van der Waals surface area contributed by atoms with Gasteiger partial charge in [-0.05, 0) is 29.5 Å². The first-order valence-electron chi connectivity index (χ1n) is 8.44. The molecular weight excluding hydrogens is 320 g/mol. The van der Waals surface area contributed by atoms with E-state index in [0.717, 1.165) is 23.1 Å². The molecule has 0 unspecified atom stereocenters. The number of ether oxygens (including phenoxy) is 1. The van der Waals surface area contributed by atoms with Gasteiger partial charge in [-0.15, -0.1) is 0 Å². The van der Waals surface area contributed by atoms with Gasteiger partial charge in [0.25, 0.3) is 5.91 Å². The fraction of sp³-hybridized carbons (Fsp3) is 0.444. The average molecular weight is 340 g/mol. The summed E-state index contributed by atoms with van der Waals surface area (Å²) < 4.78 is 4.85. The molecule has 0 radical (unpaired) electrons. The van der Waals surface area contributed by atoms with Gasteiger partial charge in [-0.1, -0.05) is 36.1 Å². The standard InChI is InChI=1S/C18H20N4O3/c1-11-10-22-16(13-7-4-3-6-12(11)13)15(19-20-22)17(23)21-9-5-8-14(21)18(24)25-2/h3-4,6-7,14-16H,1,5,8-10H2,2H3/t14-,15+,16-/m0/s1. The maximum atomic E-state index is 13.1. The fourth-order valence-electron chi connectivity index (χ4n) is 3.99. The number of amides is 1. The summed E-state index contributed by atoms with van der Waals surface area (Å²) in [6.45, 7) is 5.21. The van der Waals surface area contributed by atoms with E-state index in [9.17, 15) is 9.59 Å². The molecule has 0 saturated carbocycles. The Kier molecular flexibility index (Phi) is 3.78. The van der Waals surface area contributed by atoms with Gasteiger partial charge >= 0.3 is 5.97 Å². The largest absolute Gasteiger partial charge is 0.467 e. The lowest BCUT2D eigenvalue weighted by molar-refractivity contribution is -0.151. The molecule has 3 aliphatic heterocycles. The van der Waals surface area contributed by atoms with Crippen molar-refractivity contribution < 1.29 is 14.3 Å². The van der Waals surface area contributed by atoms with Gasteiger partial charge in [-0.3, -0.25) is 9.80 Å². The van der Waals surface area contributed by atoms with Gasteiger partial charge in [0.15, 0.2) is 6.04 Å². The van der Waals surface area contributed by atoms with Crippen LogP contribution in [0.2, 0.25) is 0 Å². The normalized spacial score (nSPS) is 27.2. The molecule has 7 nitrogen and oxygen atoms in total. The Morgan fingerprint density at radius 3 is 2.92 bits per heavy atom. The molecule has 1 aromatic carbocycles. The number of likely N-dealkylation sites (tertiary alicyclic amines) is 1. The summed E-state index contributed by atoms with van der Waals surface area (Å²) >= 11 is 0. The highest BCUT2D eigenvalue weighted by molar-refractivity contribution is 5.89. The molecule has 1 amide bonds. The Labute approximate surface area is 145 Å². The highest BCUT2D eigenvalue weighted by Crippen LogP contribution is 2.42. The van der Waals surface area contributed by atoms with E-state index in [2.05, 4.69) is 16.9 Å². The van der Waals surface area contributed by atoms with Crippen LogP contribution in [-0.4, -0.2) is 54.1 Å². The van der Waals surface area contributed by atoms with E-state index in [1.54, 1.807) is 4.90 Å². The van der Waals surface area contributed by atoms with Crippen molar-refractivity contribution in [1.82, 2.24) is 9.91 Å². The second-order valence-electron chi connectivity index (χ2n) is 6.60. The van der Waals surface area contributed by atoms with Gasteiger partial charge in [-0.2, -0.15) is 5.11 Å². The van der Waals surface area contributed by atoms with Crippen LogP contribution in [0.15, 0.2) is 41.2 Å². The van der Waals surface area contributed by atoms with Gasteiger partial charge in [0, 0.05) is 6.54 Å². The number of methoxy groups -OCH3 is 1. The quantitative estimate of drug-likeness (QED) is 0.772. The minimum atomic E-state index is -0.639. The summed E-state index contributed by atoms with van der Waals surface area (Å²) in [4.78, 5) is 26.7. The Bertz CT molecular complexity index is 775. The van der Waals surface area contributed by atoms with E-state index in [1.165, 1.54) is 7.11 Å². The van der Waals surface area contributed by atoms with Gasteiger partial charge < -0.3 is 9.64 Å². The molecule has 7 heteroatoms. The van der Waals surface area contributed by atoms with Crippen molar-refractivity contribution >= 4 is 17.4 Å². The molecule has 1 saturated heterocycles. The summed E-state index contributed by atoms with van der Waals surface area (Å²) in [5.41, 5.74) is 3.03. The third-order valence-electron chi connectivity index (χ3n) is 5.19. The third kappa shape index (κ3) is 2.42. The molecule has 0 aromatic heterocycles. The third-order valence-corrected chi connectivity index (χ3v) is 5.19. The van der Waals surface area contributed by atoms with E-state index in [4.69, 9.17) is 4.74 Å². The van der Waals surface area contributed by atoms with Crippen LogP contribution in [-0.2, 0) is 14.3 Å². The van der Waals surface area contributed by atoms with Crippen molar-refractivity contribution in [2.24, 2.45) is 10.3 Å². The molecule has 130 valence electrons. The molecule has 0 aliphatic carbocycles. The Morgan fingerprint density at radius 1 is 1.32 bits per heavy atom. The predicted octanol–water partition coefficient (Wildman–Crippen LogP) is 1.97. The van der Waals surface area contributed by atoms with Crippen LogP contribution in [0, 0.1) is 0 Å².